The van der Waals surface area contributed by atoms with Gasteiger partial charge >= 0.3 is 6.18 Å². The summed E-state index contributed by atoms with van der Waals surface area (Å²) in [6, 6.07) is 0.285. The van der Waals surface area contributed by atoms with Crippen molar-refractivity contribution >= 4 is 11.3 Å². The molecular formula is C10H14F3N3S. The van der Waals surface area contributed by atoms with E-state index in [2.05, 4.69) is 9.88 Å². The number of nitrogens with two attached hydrogens (primary N) is 1. The van der Waals surface area contributed by atoms with E-state index in [1.165, 1.54) is 0 Å². The molecule has 2 N–H and O–H groups in total. The average molecular weight is 265 g/mol. The molecule has 3 nitrogen and oxygen atoms in total. The molecule has 0 radical (unpaired) electrons. The Kier molecular flexibility index (Phi) is 3.70. The monoisotopic (exact) mass is 265 g/mol. The highest BCUT2D eigenvalue weighted by atomic mass is 32.1. The van der Waals surface area contributed by atoms with Gasteiger partial charge in [0.05, 0.1) is 12.7 Å². The Labute approximate surface area is 101 Å². The van der Waals surface area contributed by atoms with E-state index in [4.69, 9.17) is 5.73 Å². The average Bonchev–Trinajstić information content (AvgIpc) is 2.86. The molecule has 7 heteroatoms. The van der Waals surface area contributed by atoms with Crippen molar-refractivity contribution in [3.8, 4) is 0 Å². The molecule has 1 aromatic heterocycles. The minimum absolute atomic E-state index is 0.285. The van der Waals surface area contributed by atoms with Crippen LogP contribution in [0.15, 0.2) is 6.20 Å². The van der Waals surface area contributed by atoms with Crippen LogP contribution >= 0.6 is 11.3 Å². The topological polar surface area (TPSA) is 42.1 Å². The van der Waals surface area contributed by atoms with Crippen LogP contribution in [0.2, 0.25) is 0 Å². The van der Waals surface area contributed by atoms with Gasteiger partial charge in [-0.2, -0.15) is 13.2 Å². The fourth-order valence-electron chi connectivity index (χ4n) is 2.06. The lowest BCUT2D eigenvalue weighted by atomic mass is 10.2. The third-order valence-corrected chi connectivity index (χ3v) is 3.97. The van der Waals surface area contributed by atoms with Gasteiger partial charge in [-0.25, -0.2) is 4.98 Å². The number of hydrogen-bond donors (Lipinski definition) is 1. The molecule has 2 heterocycles. The Bertz CT molecular complexity index is 377. The van der Waals surface area contributed by atoms with Crippen LogP contribution < -0.4 is 5.73 Å². The lowest BCUT2D eigenvalue weighted by molar-refractivity contribution is -0.134. The molecule has 0 saturated carbocycles. The van der Waals surface area contributed by atoms with Crippen LogP contribution in [0.3, 0.4) is 0 Å². The minimum Gasteiger partial charge on any atom is -0.329 e. The fourth-order valence-corrected chi connectivity index (χ4v) is 2.87. The molecule has 1 aliphatic rings. The Morgan fingerprint density at radius 3 is 2.88 bits per heavy atom. The number of aromatic nitrogens is 1. The van der Waals surface area contributed by atoms with Gasteiger partial charge in [-0.05, 0) is 19.4 Å². The number of thiazole rings is 1. The third kappa shape index (κ3) is 2.97. The molecule has 0 aromatic carbocycles. The van der Waals surface area contributed by atoms with Crippen LogP contribution in [0.1, 0.15) is 22.7 Å². The molecule has 0 bridgehead atoms. The van der Waals surface area contributed by atoms with Crippen LogP contribution in [0.25, 0.3) is 0 Å². The smallest absolute Gasteiger partial charge is 0.329 e. The molecule has 1 aromatic rings. The minimum atomic E-state index is -4.28. The summed E-state index contributed by atoms with van der Waals surface area (Å²) in [6.07, 6.45) is -1.30. The van der Waals surface area contributed by atoms with Crippen LogP contribution in [-0.2, 0) is 12.7 Å². The number of alkyl halides is 3. The van der Waals surface area contributed by atoms with Crippen LogP contribution in [0.4, 0.5) is 13.2 Å². The zero-order valence-corrected chi connectivity index (χ0v) is 10.0. The Hall–Kier alpha value is -0.660. The third-order valence-electron chi connectivity index (χ3n) is 2.94. The maximum absolute atomic E-state index is 12.4. The highest BCUT2D eigenvalue weighted by Gasteiger charge is 2.33. The van der Waals surface area contributed by atoms with Crippen molar-refractivity contribution in [2.45, 2.75) is 31.6 Å². The van der Waals surface area contributed by atoms with E-state index in [1.807, 2.05) is 0 Å². The van der Waals surface area contributed by atoms with Gasteiger partial charge in [0, 0.05) is 12.6 Å². The molecule has 17 heavy (non-hydrogen) atoms. The summed E-state index contributed by atoms with van der Waals surface area (Å²) in [5.74, 6) is 0. The molecule has 1 unspecified atom stereocenters. The summed E-state index contributed by atoms with van der Waals surface area (Å²) >= 11 is 0.721. The molecule has 96 valence electrons. The van der Waals surface area contributed by atoms with Crippen molar-refractivity contribution < 1.29 is 13.2 Å². The molecule has 0 aliphatic carbocycles. The number of nitrogens with zero attached hydrogens (tertiary/aromatic N) is 2. The van der Waals surface area contributed by atoms with E-state index in [0.717, 1.165) is 36.9 Å². The predicted molar refractivity (Wildman–Crippen MR) is 59.6 cm³/mol. The zero-order chi connectivity index (χ0) is 12.5. The molecule has 1 saturated heterocycles. The van der Waals surface area contributed by atoms with Gasteiger partial charge in [-0.15, -0.1) is 11.3 Å². The molecule has 1 atom stereocenters. The second-order valence-corrected chi connectivity index (χ2v) is 5.23. The summed E-state index contributed by atoms with van der Waals surface area (Å²) in [6.45, 7) is 1.92. The number of halogens is 3. The van der Waals surface area contributed by atoms with Gasteiger partial charge in [-0.1, -0.05) is 0 Å². The van der Waals surface area contributed by atoms with Crippen molar-refractivity contribution in [1.29, 1.82) is 0 Å². The number of hydrogen-bond acceptors (Lipinski definition) is 4. The highest BCUT2D eigenvalue weighted by molar-refractivity contribution is 7.11. The second kappa shape index (κ2) is 4.91. The van der Waals surface area contributed by atoms with Crippen molar-refractivity contribution in [2.75, 3.05) is 13.1 Å². The van der Waals surface area contributed by atoms with E-state index < -0.39 is 11.1 Å². The molecule has 1 fully saturated rings. The number of rotatable bonds is 3. The van der Waals surface area contributed by atoms with E-state index in [-0.39, 0.29) is 6.04 Å². The van der Waals surface area contributed by atoms with E-state index in [9.17, 15) is 13.2 Å². The van der Waals surface area contributed by atoms with Gasteiger partial charge < -0.3 is 5.73 Å². The molecule has 2 rings (SSSR count). The molecule has 1 aliphatic heterocycles. The Balaban J connectivity index is 2.02. The van der Waals surface area contributed by atoms with Crippen LogP contribution in [-0.4, -0.2) is 29.0 Å². The zero-order valence-electron chi connectivity index (χ0n) is 9.20. The van der Waals surface area contributed by atoms with Crippen molar-refractivity contribution in [1.82, 2.24) is 9.88 Å². The second-order valence-electron chi connectivity index (χ2n) is 4.12. The van der Waals surface area contributed by atoms with Gasteiger partial charge in [-0.3, -0.25) is 4.90 Å². The van der Waals surface area contributed by atoms with E-state index in [0.29, 0.717) is 18.1 Å². The summed E-state index contributed by atoms with van der Waals surface area (Å²) in [5, 5.41) is 0.512. The van der Waals surface area contributed by atoms with Crippen molar-refractivity contribution in [2.24, 2.45) is 5.73 Å². The lowest BCUT2D eigenvalue weighted by Crippen LogP contribution is -2.34. The molecular weight excluding hydrogens is 251 g/mol. The standard InChI is InChI=1S/C10H14F3N3S/c11-10(12,13)8-5-15-9(17-8)6-16-3-1-2-7(16)4-14/h5,7H,1-4,6,14H2. The van der Waals surface area contributed by atoms with Gasteiger partial charge in [0.1, 0.15) is 9.88 Å². The van der Waals surface area contributed by atoms with E-state index >= 15 is 0 Å². The van der Waals surface area contributed by atoms with Gasteiger partial charge in [0.25, 0.3) is 0 Å². The first-order valence-corrected chi connectivity index (χ1v) is 6.28. The largest absolute Gasteiger partial charge is 0.427 e. The first-order valence-electron chi connectivity index (χ1n) is 5.46. The lowest BCUT2D eigenvalue weighted by Gasteiger charge is -2.21. The molecule has 0 spiro atoms. The summed E-state index contributed by atoms with van der Waals surface area (Å²) < 4.78 is 37.2. The number of likely N-dealkylation sites (tertiary alicyclic amines) is 1. The van der Waals surface area contributed by atoms with Crippen molar-refractivity contribution in [3.05, 3.63) is 16.1 Å². The normalized spacial score (nSPS) is 22.2. The molecule has 0 amide bonds. The van der Waals surface area contributed by atoms with E-state index in [1.54, 1.807) is 0 Å². The maximum Gasteiger partial charge on any atom is 0.427 e. The fraction of sp³-hybridized carbons (Fsp3) is 0.700. The first-order chi connectivity index (χ1) is 8.00. The van der Waals surface area contributed by atoms with Gasteiger partial charge in [0.2, 0.25) is 0 Å². The van der Waals surface area contributed by atoms with Gasteiger partial charge in [0.15, 0.2) is 0 Å². The first kappa shape index (κ1) is 12.8. The van der Waals surface area contributed by atoms with Crippen LogP contribution in [0.5, 0.6) is 0 Å². The summed E-state index contributed by atoms with van der Waals surface area (Å²) in [5.41, 5.74) is 5.61. The predicted octanol–water partition coefficient (Wildman–Crippen LogP) is 2.08. The van der Waals surface area contributed by atoms with Crippen molar-refractivity contribution in [3.63, 3.8) is 0 Å². The quantitative estimate of drug-likeness (QED) is 0.910. The van der Waals surface area contributed by atoms with Crippen LogP contribution in [0, 0.1) is 0 Å². The summed E-state index contributed by atoms with van der Waals surface area (Å²) in [4.78, 5) is 5.31. The highest BCUT2D eigenvalue weighted by Crippen LogP contribution is 2.34. The Morgan fingerprint density at radius 1 is 1.53 bits per heavy atom. The SMILES string of the molecule is NCC1CCCN1Cc1ncc(C(F)(F)F)s1. The maximum atomic E-state index is 12.4. The Morgan fingerprint density at radius 2 is 2.29 bits per heavy atom. The summed E-state index contributed by atoms with van der Waals surface area (Å²) in [7, 11) is 0.